The summed E-state index contributed by atoms with van der Waals surface area (Å²) >= 11 is 0. The molecule has 8 heteroatoms. The third-order valence-electron chi connectivity index (χ3n) is 3.54. The smallest absolute Gasteiger partial charge is 0.317 e. The van der Waals surface area contributed by atoms with E-state index in [0.717, 1.165) is 0 Å². The molecule has 134 valence electrons. The molecule has 1 fully saturated rings. The van der Waals surface area contributed by atoms with Gasteiger partial charge in [-0.1, -0.05) is 0 Å². The van der Waals surface area contributed by atoms with Gasteiger partial charge in [0.1, 0.15) is 24.2 Å². The van der Waals surface area contributed by atoms with Gasteiger partial charge in [0.15, 0.2) is 0 Å². The molecular weight excluding hydrogens is 314 g/mol. The van der Waals surface area contributed by atoms with Gasteiger partial charge in [0.2, 0.25) is 0 Å². The molecule has 24 heavy (non-hydrogen) atoms. The molecule has 0 saturated carbocycles. The molecule has 1 atom stereocenters. The van der Waals surface area contributed by atoms with Crippen LogP contribution in [0.3, 0.4) is 0 Å². The fraction of sp³-hybridized carbons (Fsp3) is 0.562. The number of hydrogen-bond acceptors (Lipinski definition) is 6. The fourth-order valence-electron chi connectivity index (χ4n) is 2.20. The Hall–Kier alpha value is -2.03. The molecule has 0 aromatic heterocycles. The molecule has 0 unspecified atom stereocenters. The second-order valence-electron chi connectivity index (χ2n) is 5.49. The van der Waals surface area contributed by atoms with E-state index in [0.29, 0.717) is 51.7 Å². The number of phenols is 1. The molecule has 1 aromatic carbocycles. The number of hydrogen-bond donors (Lipinski definition) is 4. The number of carbonyl (C=O) groups is 1. The van der Waals surface area contributed by atoms with Crippen molar-refractivity contribution in [2.45, 2.75) is 6.10 Å². The summed E-state index contributed by atoms with van der Waals surface area (Å²) in [6.07, 6.45) is -0.659. The van der Waals surface area contributed by atoms with Crippen molar-refractivity contribution in [2.75, 3.05) is 52.5 Å². The van der Waals surface area contributed by atoms with E-state index in [-0.39, 0.29) is 18.4 Å². The summed E-state index contributed by atoms with van der Waals surface area (Å²) < 4.78 is 10.6. The molecule has 1 heterocycles. The van der Waals surface area contributed by atoms with E-state index in [1.165, 1.54) is 12.1 Å². The van der Waals surface area contributed by atoms with Gasteiger partial charge in [0.25, 0.3) is 0 Å². The molecule has 2 rings (SSSR count). The number of benzene rings is 1. The standard InChI is InChI=1S/C16H25N3O5/c20-13-1-3-15(4-2-13)24-12-14(21)11-17-5-6-18-16(22)19-7-9-23-10-8-19/h1-4,14,17,20-21H,5-12H2,(H,18,22)/t14-/m0/s1. The first-order valence-corrected chi connectivity index (χ1v) is 8.06. The topological polar surface area (TPSA) is 103 Å². The predicted molar refractivity (Wildman–Crippen MR) is 88.3 cm³/mol. The number of aromatic hydroxyl groups is 1. The van der Waals surface area contributed by atoms with E-state index < -0.39 is 6.10 Å². The second-order valence-corrected chi connectivity index (χ2v) is 5.49. The van der Waals surface area contributed by atoms with Crippen LogP contribution in [0.2, 0.25) is 0 Å². The highest BCUT2D eigenvalue weighted by molar-refractivity contribution is 5.74. The van der Waals surface area contributed by atoms with Gasteiger partial charge < -0.3 is 35.2 Å². The third-order valence-corrected chi connectivity index (χ3v) is 3.54. The van der Waals surface area contributed by atoms with E-state index in [9.17, 15) is 9.90 Å². The van der Waals surface area contributed by atoms with Crippen LogP contribution in [-0.4, -0.2) is 79.8 Å². The van der Waals surface area contributed by atoms with Crippen molar-refractivity contribution in [3.8, 4) is 11.5 Å². The Morgan fingerprint density at radius 1 is 1.25 bits per heavy atom. The molecule has 1 saturated heterocycles. The average Bonchev–Trinajstić information content (AvgIpc) is 2.61. The molecule has 1 aliphatic rings. The van der Waals surface area contributed by atoms with Crippen molar-refractivity contribution in [2.24, 2.45) is 0 Å². The van der Waals surface area contributed by atoms with Crippen molar-refractivity contribution < 1.29 is 24.5 Å². The van der Waals surface area contributed by atoms with Gasteiger partial charge in [-0.3, -0.25) is 0 Å². The van der Waals surface area contributed by atoms with Crippen molar-refractivity contribution in [1.29, 1.82) is 0 Å². The first-order chi connectivity index (χ1) is 11.6. The summed E-state index contributed by atoms with van der Waals surface area (Å²) in [6, 6.07) is 6.23. The zero-order valence-corrected chi connectivity index (χ0v) is 13.6. The minimum absolute atomic E-state index is 0.0867. The van der Waals surface area contributed by atoms with Gasteiger partial charge in [0.05, 0.1) is 13.2 Å². The highest BCUT2D eigenvalue weighted by Crippen LogP contribution is 2.15. The summed E-state index contributed by atoms with van der Waals surface area (Å²) in [5, 5.41) is 24.9. The number of aliphatic hydroxyl groups is 1. The van der Waals surface area contributed by atoms with Crippen LogP contribution in [0.1, 0.15) is 0 Å². The van der Waals surface area contributed by atoms with Crippen molar-refractivity contribution >= 4 is 6.03 Å². The maximum atomic E-state index is 11.8. The van der Waals surface area contributed by atoms with E-state index in [1.54, 1.807) is 17.0 Å². The number of morpholine rings is 1. The van der Waals surface area contributed by atoms with E-state index in [1.807, 2.05) is 0 Å². The largest absolute Gasteiger partial charge is 0.508 e. The minimum atomic E-state index is -0.659. The van der Waals surface area contributed by atoms with Crippen molar-refractivity contribution in [3.05, 3.63) is 24.3 Å². The molecular formula is C16H25N3O5. The zero-order valence-electron chi connectivity index (χ0n) is 13.6. The SMILES string of the molecule is O=C(NCCNC[C@H](O)COc1ccc(O)cc1)N1CCOCC1. The molecule has 2 amide bonds. The third kappa shape index (κ3) is 6.61. The molecule has 0 radical (unpaired) electrons. The lowest BCUT2D eigenvalue weighted by atomic mass is 10.3. The Labute approximate surface area is 141 Å². The van der Waals surface area contributed by atoms with Crippen LogP contribution in [0.5, 0.6) is 11.5 Å². The summed E-state index contributed by atoms with van der Waals surface area (Å²) in [5.41, 5.74) is 0. The average molecular weight is 339 g/mol. The molecule has 0 spiro atoms. The van der Waals surface area contributed by atoms with Crippen molar-refractivity contribution in [3.63, 3.8) is 0 Å². The number of nitrogens with one attached hydrogen (secondary N) is 2. The molecule has 0 aliphatic carbocycles. The van der Waals surface area contributed by atoms with Crippen LogP contribution in [0.4, 0.5) is 4.79 Å². The van der Waals surface area contributed by atoms with Gasteiger partial charge in [-0.25, -0.2) is 4.79 Å². The Kier molecular flexibility index (Phi) is 7.60. The number of aliphatic hydroxyl groups excluding tert-OH is 1. The zero-order chi connectivity index (χ0) is 17.2. The first kappa shape index (κ1) is 18.3. The Bertz CT molecular complexity index is 491. The van der Waals surface area contributed by atoms with Crippen LogP contribution < -0.4 is 15.4 Å². The summed E-state index contributed by atoms with van der Waals surface area (Å²) in [7, 11) is 0. The maximum Gasteiger partial charge on any atom is 0.317 e. The minimum Gasteiger partial charge on any atom is -0.508 e. The number of urea groups is 1. The molecule has 4 N–H and O–H groups in total. The Morgan fingerprint density at radius 2 is 1.96 bits per heavy atom. The maximum absolute atomic E-state index is 11.8. The van der Waals surface area contributed by atoms with Gasteiger partial charge in [-0.05, 0) is 24.3 Å². The second kappa shape index (κ2) is 9.96. The van der Waals surface area contributed by atoms with E-state index >= 15 is 0 Å². The monoisotopic (exact) mass is 339 g/mol. The fourth-order valence-corrected chi connectivity index (χ4v) is 2.20. The summed E-state index contributed by atoms with van der Waals surface area (Å²) in [6.45, 7) is 3.97. The Morgan fingerprint density at radius 3 is 2.67 bits per heavy atom. The van der Waals surface area contributed by atoms with Crippen LogP contribution in [0.15, 0.2) is 24.3 Å². The molecule has 1 aliphatic heterocycles. The lowest BCUT2D eigenvalue weighted by Crippen LogP contribution is -2.47. The highest BCUT2D eigenvalue weighted by Gasteiger charge is 2.15. The van der Waals surface area contributed by atoms with Gasteiger partial charge in [-0.2, -0.15) is 0 Å². The van der Waals surface area contributed by atoms with Crippen LogP contribution in [0.25, 0.3) is 0 Å². The summed E-state index contributed by atoms with van der Waals surface area (Å²) in [5.74, 6) is 0.758. The lowest BCUT2D eigenvalue weighted by Gasteiger charge is -2.27. The van der Waals surface area contributed by atoms with E-state index in [4.69, 9.17) is 14.6 Å². The number of rotatable bonds is 8. The van der Waals surface area contributed by atoms with Gasteiger partial charge >= 0.3 is 6.03 Å². The first-order valence-electron chi connectivity index (χ1n) is 8.06. The van der Waals surface area contributed by atoms with Gasteiger partial charge in [-0.15, -0.1) is 0 Å². The summed E-state index contributed by atoms with van der Waals surface area (Å²) in [4.78, 5) is 13.5. The number of carbonyl (C=O) groups excluding carboxylic acids is 1. The Balaban J connectivity index is 1.50. The lowest BCUT2D eigenvalue weighted by molar-refractivity contribution is 0.0532. The van der Waals surface area contributed by atoms with Crippen LogP contribution in [0, 0.1) is 0 Å². The quantitative estimate of drug-likeness (QED) is 0.488. The highest BCUT2D eigenvalue weighted by atomic mass is 16.5. The van der Waals surface area contributed by atoms with Crippen LogP contribution >= 0.6 is 0 Å². The van der Waals surface area contributed by atoms with Crippen molar-refractivity contribution in [1.82, 2.24) is 15.5 Å². The molecule has 1 aromatic rings. The molecule has 0 bridgehead atoms. The predicted octanol–water partition coefficient (Wildman–Crippen LogP) is -0.237. The normalized spacial score (nSPS) is 15.8. The number of phenolic OH excluding ortho intramolecular Hbond substituents is 1. The van der Waals surface area contributed by atoms with Gasteiger partial charge in [0, 0.05) is 32.7 Å². The van der Waals surface area contributed by atoms with E-state index in [2.05, 4.69) is 10.6 Å². The number of amides is 2. The molecule has 8 nitrogen and oxygen atoms in total. The number of nitrogens with zero attached hydrogens (tertiary/aromatic N) is 1. The van der Waals surface area contributed by atoms with Crippen LogP contribution in [-0.2, 0) is 4.74 Å². The number of ether oxygens (including phenoxy) is 2.